The van der Waals surface area contributed by atoms with Crippen LogP contribution in [0.5, 0.6) is 0 Å². The molecule has 0 bridgehead atoms. The third-order valence-electron chi connectivity index (χ3n) is 2.28. The second-order valence-corrected chi connectivity index (χ2v) is 6.95. The molecule has 0 aromatic carbocycles. The predicted octanol–water partition coefficient (Wildman–Crippen LogP) is 1.34. The summed E-state index contributed by atoms with van der Waals surface area (Å²) in [6, 6.07) is -0.153. The summed E-state index contributed by atoms with van der Waals surface area (Å²) in [5.74, 6) is 0. The molecule has 6 heteroatoms. The van der Waals surface area contributed by atoms with Crippen molar-refractivity contribution in [2.45, 2.75) is 58.5 Å². The van der Waals surface area contributed by atoms with Gasteiger partial charge in [-0.15, -0.1) is 0 Å². The topological polar surface area (TPSA) is 78.8 Å². The summed E-state index contributed by atoms with van der Waals surface area (Å²) < 4.78 is 16.8. The normalized spacial score (nSPS) is 19.8. The van der Waals surface area contributed by atoms with Crippen molar-refractivity contribution in [3.8, 4) is 0 Å². The second kappa shape index (κ2) is 6.72. The average molecular weight is 253 g/mol. The fourth-order valence-electron chi connectivity index (χ4n) is 1.20. The van der Waals surface area contributed by atoms with E-state index in [4.69, 9.17) is 9.63 Å². The Bertz CT molecular complexity index is 245. The van der Waals surface area contributed by atoms with Gasteiger partial charge in [-0.1, -0.05) is 27.7 Å². The van der Waals surface area contributed by atoms with Gasteiger partial charge < -0.3 is 19.8 Å². The zero-order valence-electron chi connectivity index (χ0n) is 10.7. The summed E-state index contributed by atoms with van der Waals surface area (Å²) in [5, 5.41) is 12.3. The van der Waals surface area contributed by atoms with E-state index >= 15 is 0 Å². The number of rotatable bonds is 7. The van der Waals surface area contributed by atoms with E-state index in [-0.39, 0.29) is 18.7 Å². The lowest BCUT2D eigenvalue weighted by atomic mass is 10.2. The molecule has 0 saturated carbocycles. The maximum absolute atomic E-state index is 11.7. The van der Waals surface area contributed by atoms with E-state index in [2.05, 4.69) is 5.32 Å². The minimum absolute atomic E-state index is 0.128. The molecule has 3 N–H and O–H groups in total. The monoisotopic (exact) mass is 253 g/mol. The first-order valence-corrected chi connectivity index (χ1v) is 7.23. The van der Waals surface area contributed by atoms with E-state index in [0.29, 0.717) is 0 Å². The summed E-state index contributed by atoms with van der Waals surface area (Å²) in [5.41, 5.74) is -0.437. The maximum atomic E-state index is 11.7. The van der Waals surface area contributed by atoms with Gasteiger partial charge >= 0.3 is 7.60 Å². The minimum Gasteiger partial charge on any atom is -0.395 e. The average Bonchev–Trinajstić information content (AvgIpc) is 2.12. The van der Waals surface area contributed by atoms with E-state index < -0.39 is 19.4 Å². The highest BCUT2D eigenvalue weighted by atomic mass is 31.2. The summed E-state index contributed by atoms with van der Waals surface area (Å²) in [6.45, 7) is 8.71. The van der Waals surface area contributed by atoms with Crippen molar-refractivity contribution >= 4 is 7.60 Å². The van der Waals surface area contributed by atoms with Gasteiger partial charge in [0.15, 0.2) is 0 Å². The summed E-state index contributed by atoms with van der Waals surface area (Å²) >= 11 is 0. The lowest BCUT2D eigenvalue weighted by molar-refractivity contribution is 0.104. The molecule has 16 heavy (non-hydrogen) atoms. The van der Waals surface area contributed by atoms with E-state index in [0.717, 1.165) is 0 Å². The number of hydrogen-bond donors (Lipinski definition) is 3. The van der Waals surface area contributed by atoms with Crippen LogP contribution in [0.4, 0.5) is 0 Å². The number of aliphatic hydroxyl groups excluding tert-OH is 1. The Hall–Kier alpha value is 0.0700. The third kappa shape index (κ3) is 5.41. The van der Waals surface area contributed by atoms with E-state index in [1.165, 1.54) is 0 Å². The van der Waals surface area contributed by atoms with Gasteiger partial charge in [-0.3, -0.25) is 4.57 Å². The van der Waals surface area contributed by atoms with Crippen LogP contribution in [0, 0.1) is 0 Å². The number of aliphatic hydroxyl groups is 1. The van der Waals surface area contributed by atoms with Crippen molar-refractivity contribution < 1.29 is 19.1 Å². The smallest absolute Gasteiger partial charge is 0.330 e. The van der Waals surface area contributed by atoms with Crippen LogP contribution in [0.1, 0.15) is 34.6 Å². The lowest BCUT2D eigenvalue weighted by Gasteiger charge is -2.28. The van der Waals surface area contributed by atoms with Crippen molar-refractivity contribution in [2.75, 3.05) is 6.61 Å². The molecular weight excluding hydrogens is 229 g/mol. The quantitative estimate of drug-likeness (QED) is 0.597. The van der Waals surface area contributed by atoms with Gasteiger partial charge in [0.05, 0.1) is 24.4 Å². The Morgan fingerprint density at radius 3 is 2.06 bits per heavy atom. The molecule has 0 amide bonds. The van der Waals surface area contributed by atoms with Crippen LogP contribution in [0.25, 0.3) is 0 Å². The van der Waals surface area contributed by atoms with E-state index in [9.17, 15) is 9.46 Å². The molecule has 0 aromatic heterocycles. The second-order valence-electron chi connectivity index (χ2n) is 4.58. The van der Waals surface area contributed by atoms with Crippen molar-refractivity contribution in [3.63, 3.8) is 0 Å². The molecule has 0 aliphatic rings. The van der Waals surface area contributed by atoms with E-state index in [1.54, 1.807) is 20.8 Å². The van der Waals surface area contributed by atoms with Crippen LogP contribution in [0.2, 0.25) is 0 Å². The van der Waals surface area contributed by atoms with Crippen molar-refractivity contribution in [2.24, 2.45) is 0 Å². The zero-order valence-corrected chi connectivity index (χ0v) is 11.6. The van der Waals surface area contributed by atoms with Gasteiger partial charge in [0.25, 0.3) is 0 Å². The number of nitrogens with one attached hydrogen (secondary N) is 1. The van der Waals surface area contributed by atoms with Crippen LogP contribution in [0.3, 0.4) is 0 Å². The van der Waals surface area contributed by atoms with Gasteiger partial charge in [-0.05, 0) is 6.92 Å². The van der Waals surface area contributed by atoms with Crippen LogP contribution in [-0.2, 0) is 9.09 Å². The molecule has 0 heterocycles. The van der Waals surface area contributed by atoms with Crippen LogP contribution in [0.15, 0.2) is 0 Å². The third-order valence-corrected chi connectivity index (χ3v) is 4.22. The molecule has 0 fully saturated rings. The predicted molar refractivity (Wildman–Crippen MR) is 64.7 cm³/mol. The first kappa shape index (κ1) is 16.1. The fraction of sp³-hybridized carbons (Fsp3) is 1.00. The Morgan fingerprint density at radius 1 is 1.25 bits per heavy atom. The lowest BCUT2D eigenvalue weighted by Crippen LogP contribution is -2.45. The van der Waals surface area contributed by atoms with Gasteiger partial charge in [-0.25, -0.2) is 0 Å². The molecule has 5 nitrogen and oxygen atoms in total. The van der Waals surface area contributed by atoms with Gasteiger partial charge in [0.2, 0.25) is 0 Å². The molecule has 0 saturated heterocycles. The SMILES string of the molecule is CC(C)NC(CO)C(C)OP(=O)(O)C(C)C. The van der Waals surface area contributed by atoms with Crippen LogP contribution >= 0.6 is 7.60 Å². The molecule has 0 rings (SSSR count). The first-order valence-electron chi connectivity index (χ1n) is 5.58. The Morgan fingerprint density at radius 2 is 1.75 bits per heavy atom. The highest BCUT2D eigenvalue weighted by Gasteiger charge is 2.30. The van der Waals surface area contributed by atoms with E-state index in [1.807, 2.05) is 13.8 Å². The Labute approximate surface area is 97.7 Å². The zero-order chi connectivity index (χ0) is 12.9. The molecule has 0 aliphatic carbocycles. The van der Waals surface area contributed by atoms with Crippen LogP contribution < -0.4 is 5.32 Å². The highest BCUT2D eigenvalue weighted by Crippen LogP contribution is 2.48. The van der Waals surface area contributed by atoms with Gasteiger partial charge in [0.1, 0.15) is 0 Å². The molecule has 0 aromatic rings. The van der Waals surface area contributed by atoms with Crippen molar-refractivity contribution in [1.82, 2.24) is 5.32 Å². The summed E-state index contributed by atoms with van der Waals surface area (Å²) in [7, 11) is -3.58. The molecule has 0 spiro atoms. The molecule has 98 valence electrons. The summed E-state index contributed by atoms with van der Waals surface area (Å²) in [4.78, 5) is 9.56. The van der Waals surface area contributed by atoms with Crippen molar-refractivity contribution in [3.05, 3.63) is 0 Å². The number of hydrogen-bond acceptors (Lipinski definition) is 4. The molecule has 0 radical (unpaired) electrons. The highest BCUT2D eigenvalue weighted by molar-refractivity contribution is 7.53. The molecular formula is C10H24NO4P. The standard InChI is InChI=1S/C10H24NO4P/c1-7(2)11-10(6-12)9(5)15-16(13,14)8(3)4/h7-12H,6H2,1-5H3,(H,13,14). The fourth-order valence-corrected chi connectivity index (χ4v) is 2.07. The molecule has 3 atom stereocenters. The summed E-state index contributed by atoms with van der Waals surface area (Å²) in [6.07, 6.45) is -0.509. The maximum Gasteiger partial charge on any atom is 0.330 e. The van der Waals surface area contributed by atoms with Crippen molar-refractivity contribution in [1.29, 1.82) is 0 Å². The Kier molecular flexibility index (Phi) is 6.75. The largest absolute Gasteiger partial charge is 0.395 e. The molecule has 3 unspecified atom stereocenters. The Balaban J connectivity index is 4.42. The first-order chi connectivity index (χ1) is 7.20. The molecule has 0 aliphatic heterocycles. The minimum atomic E-state index is -3.58. The van der Waals surface area contributed by atoms with Gasteiger partial charge in [0, 0.05) is 6.04 Å². The van der Waals surface area contributed by atoms with Gasteiger partial charge in [-0.2, -0.15) is 0 Å². The van der Waals surface area contributed by atoms with Crippen LogP contribution in [-0.4, -0.2) is 40.5 Å².